The van der Waals surface area contributed by atoms with Gasteiger partial charge in [-0.2, -0.15) is 0 Å². The van der Waals surface area contributed by atoms with E-state index in [-0.39, 0.29) is 22.7 Å². The van der Waals surface area contributed by atoms with Crippen LogP contribution in [-0.2, 0) is 6.54 Å². The van der Waals surface area contributed by atoms with Crippen molar-refractivity contribution in [3.63, 3.8) is 0 Å². The summed E-state index contributed by atoms with van der Waals surface area (Å²) < 4.78 is 0. The Morgan fingerprint density at radius 3 is 2.56 bits per heavy atom. The number of amides is 3. The van der Waals surface area contributed by atoms with Gasteiger partial charge in [-0.05, 0) is 55.7 Å². The van der Waals surface area contributed by atoms with Gasteiger partial charge in [0.25, 0.3) is 5.91 Å². The molecule has 1 saturated heterocycles. The van der Waals surface area contributed by atoms with Gasteiger partial charge in [-0.15, -0.1) is 0 Å². The highest BCUT2D eigenvalue weighted by Crippen LogP contribution is 2.31. The minimum atomic E-state index is -0.365. The Morgan fingerprint density at radius 2 is 1.81 bits per heavy atom. The lowest BCUT2D eigenvalue weighted by atomic mass is 10.1. The summed E-state index contributed by atoms with van der Waals surface area (Å²) in [6.07, 6.45) is 2.37. The summed E-state index contributed by atoms with van der Waals surface area (Å²) in [6, 6.07) is 17.1. The molecule has 32 heavy (non-hydrogen) atoms. The Balaban J connectivity index is 1.58. The van der Waals surface area contributed by atoms with Crippen molar-refractivity contribution in [1.29, 1.82) is 0 Å². The van der Waals surface area contributed by atoms with Gasteiger partial charge < -0.3 is 10.2 Å². The number of nitrogens with zero attached hydrogens (tertiary/aromatic N) is 3. The predicted octanol–water partition coefficient (Wildman–Crippen LogP) is 5.44. The van der Waals surface area contributed by atoms with Crippen LogP contribution in [0.2, 0.25) is 5.15 Å². The number of benzene rings is 2. The van der Waals surface area contributed by atoms with Crippen molar-refractivity contribution < 1.29 is 9.59 Å². The molecule has 0 bridgehead atoms. The first kappa shape index (κ1) is 21.8. The van der Waals surface area contributed by atoms with E-state index in [1.54, 1.807) is 17.0 Å². The molecule has 0 atom stereocenters. The first-order valence-electron chi connectivity index (χ1n) is 10.6. The topological polar surface area (TPSA) is 65.5 Å². The second kappa shape index (κ2) is 9.40. The summed E-state index contributed by atoms with van der Waals surface area (Å²) in [6.45, 7) is 5.82. The molecule has 1 aliphatic heterocycles. The molecule has 2 heterocycles. The standard InChI is InChI=1S/C25H25ClN4O2/c1-17-6-9-19(10-7-17)16-29-13-4-14-30(25(29)32)22-11-8-18(2)15-21(22)28-24(31)20-5-3-12-27-23(20)26/h3,5-12,15H,4,13-14,16H2,1-2H3,(H,28,31). The van der Waals surface area contributed by atoms with E-state index in [1.165, 1.54) is 11.8 Å². The largest absolute Gasteiger partial charge is 0.324 e. The van der Waals surface area contributed by atoms with Crippen molar-refractivity contribution in [2.45, 2.75) is 26.8 Å². The van der Waals surface area contributed by atoms with Crippen LogP contribution in [0.25, 0.3) is 0 Å². The van der Waals surface area contributed by atoms with Crippen molar-refractivity contribution >= 4 is 34.9 Å². The normalized spacial score (nSPS) is 13.9. The van der Waals surface area contributed by atoms with Crippen molar-refractivity contribution in [1.82, 2.24) is 9.88 Å². The predicted molar refractivity (Wildman–Crippen MR) is 127 cm³/mol. The van der Waals surface area contributed by atoms with E-state index in [2.05, 4.69) is 34.6 Å². The molecule has 6 nitrogen and oxygen atoms in total. The lowest BCUT2D eigenvalue weighted by Gasteiger charge is -2.36. The molecule has 1 fully saturated rings. The third kappa shape index (κ3) is 4.75. The van der Waals surface area contributed by atoms with Gasteiger partial charge >= 0.3 is 6.03 Å². The molecular weight excluding hydrogens is 424 g/mol. The van der Waals surface area contributed by atoms with E-state index in [0.29, 0.717) is 31.0 Å². The van der Waals surface area contributed by atoms with Gasteiger partial charge in [0.2, 0.25) is 0 Å². The van der Waals surface area contributed by atoms with E-state index >= 15 is 0 Å². The van der Waals surface area contributed by atoms with Crippen LogP contribution in [0.15, 0.2) is 60.8 Å². The van der Waals surface area contributed by atoms with Gasteiger partial charge in [0, 0.05) is 25.8 Å². The second-order valence-electron chi connectivity index (χ2n) is 8.01. The summed E-state index contributed by atoms with van der Waals surface area (Å²) in [5.74, 6) is -0.365. The van der Waals surface area contributed by atoms with E-state index in [9.17, 15) is 9.59 Å². The average Bonchev–Trinajstić information content (AvgIpc) is 2.77. The minimum Gasteiger partial charge on any atom is -0.320 e. The van der Waals surface area contributed by atoms with Gasteiger partial charge in [0.15, 0.2) is 0 Å². The minimum absolute atomic E-state index is 0.0735. The van der Waals surface area contributed by atoms with Crippen LogP contribution < -0.4 is 10.2 Å². The molecule has 164 valence electrons. The summed E-state index contributed by atoms with van der Waals surface area (Å²) in [7, 11) is 0. The number of hydrogen-bond acceptors (Lipinski definition) is 3. The molecular formula is C25H25ClN4O2. The number of nitrogens with one attached hydrogen (secondary N) is 1. The van der Waals surface area contributed by atoms with Crippen LogP contribution in [0.3, 0.4) is 0 Å². The molecule has 1 aliphatic rings. The fourth-order valence-electron chi connectivity index (χ4n) is 3.80. The number of pyridine rings is 1. The average molecular weight is 449 g/mol. The lowest BCUT2D eigenvalue weighted by Crippen LogP contribution is -2.49. The van der Waals surface area contributed by atoms with Crippen LogP contribution in [0.5, 0.6) is 0 Å². The van der Waals surface area contributed by atoms with Crippen molar-refractivity contribution in [2.75, 3.05) is 23.3 Å². The van der Waals surface area contributed by atoms with Crippen LogP contribution >= 0.6 is 11.6 Å². The Hall–Kier alpha value is -3.38. The smallest absolute Gasteiger partial charge is 0.320 e. The summed E-state index contributed by atoms with van der Waals surface area (Å²) in [5, 5.41) is 3.06. The first-order chi connectivity index (χ1) is 15.4. The fourth-order valence-corrected chi connectivity index (χ4v) is 4.00. The van der Waals surface area contributed by atoms with E-state index < -0.39 is 0 Å². The zero-order valence-electron chi connectivity index (χ0n) is 18.1. The molecule has 0 spiro atoms. The molecule has 4 rings (SSSR count). The number of halogens is 1. The third-order valence-corrected chi connectivity index (χ3v) is 5.80. The molecule has 0 unspecified atom stereocenters. The van der Waals surface area contributed by atoms with E-state index in [1.807, 2.05) is 36.9 Å². The quantitative estimate of drug-likeness (QED) is 0.529. The number of carbonyl (C=O) groups is 2. The van der Waals surface area contributed by atoms with Crippen LogP contribution in [0.4, 0.5) is 16.2 Å². The lowest BCUT2D eigenvalue weighted by molar-refractivity contribution is 0.102. The molecule has 7 heteroatoms. The number of aryl methyl sites for hydroxylation is 2. The van der Waals surface area contributed by atoms with Gasteiger partial charge in [-0.25, -0.2) is 9.78 Å². The van der Waals surface area contributed by atoms with E-state index in [0.717, 1.165) is 17.5 Å². The molecule has 3 aromatic rings. The van der Waals surface area contributed by atoms with Gasteiger partial charge in [0.1, 0.15) is 5.15 Å². The molecule has 0 aliphatic carbocycles. The van der Waals surface area contributed by atoms with Crippen molar-refractivity contribution in [2.24, 2.45) is 0 Å². The maximum Gasteiger partial charge on any atom is 0.324 e. The number of carbonyl (C=O) groups excluding carboxylic acids is 2. The number of rotatable bonds is 5. The maximum absolute atomic E-state index is 13.4. The number of anilines is 2. The molecule has 1 aromatic heterocycles. The molecule has 2 aromatic carbocycles. The maximum atomic E-state index is 13.4. The first-order valence-corrected chi connectivity index (χ1v) is 10.9. The highest BCUT2D eigenvalue weighted by atomic mass is 35.5. The molecule has 0 saturated carbocycles. The second-order valence-corrected chi connectivity index (χ2v) is 8.37. The highest BCUT2D eigenvalue weighted by molar-refractivity contribution is 6.33. The van der Waals surface area contributed by atoms with Crippen LogP contribution in [0.1, 0.15) is 33.5 Å². The highest BCUT2D eigenvalue weighted by Gasteiger charge is 2.29. The summed E-state index contributed by atoms with van der Waals surface area (Å²) >= 11 is 6.09. The molecule has 1 N–H and O–H groups in total. The van der Waals surface area contributed by atoms with Crippen molar-refractivity contribution in [3.05, 3.63) is 88.2 Å². The molecule has 3 amide bonds. The number of hydrogen-bond donors (Lipinski definition) is 1. The Labute approximate surface area is 192 Å². The monoisotopic (exact) mass is 448 g/mol. The van der Waals surface area contributed by atoms with Gasteiger partial charge in [-0.1, -0.05) is 47.5 Å². The van der Waals surface area contributed by atoms with Crippen LogP contribution in [-0.4, -0.2) is 34.9 Å². The zero-order chi connectivity index (χ0) is 22.7. The van der Waals surface area contributed by atoms with E-state index in [4.69, 9.17) is 11.6 Å². The fraction of sp³-hybridized carbons (Fsp3) is 0.240. The zero-order valence-corrected chi connectivity index (χ0v) is 18.9. The summed E-state index contributed by atoms with van der Waals surface area (Å²) in [5.41, 5.74) is 4.78. The third-order valence-electron chi connectivity index (χ3n) is 5.50. The number of urea groups is 1. The van der Waals surface area contributed by atoms with Gasteiger partial charge in [0.05, 0.1) is 16.9 Å². The summed E-state index contributed by atoms with van der Waals surface area (Å²) in [4.78, 5) is 33.7. The van der Waals surface area contributed by atoms with Crippen LogP contribution in [0, 0.1) is 13.8 Å². The Kier molecular flexibility index (Phi) is 6.42. The Morgan fingerprint density at radius 1 is 1.06 bits per heavy atom. The number of aromatic nitrogens is 1. The Bertz CT molecular complexity index is 1150. The van der Waals surface area contributed by atoms with Crippen molar-refractivity contribution in [3.8, 4) is 0 Å². The van der Waals surface area contributed by atoms with Gasteiger partial charge in [-0.3, -0.25) is 9.69 Å². The molecule has 0 radical (unpaired) electrons. The SMILES string of the molecule is Cc1ccc(CN2CCCN(c3ccc(C)cc3NC(=O)c3cccnc3Cl)C2=O)cc1.